The number of nitrogens with two attached hydrogens (primary N) is 1. The highest BCUT2D eigenvalue weighted by Gasteiger charge is 2.37. The maximum atomic E-state index is 11.0. The van der Waals surface area contributed by atoms with Crippen molar-refractivity contribution in [2.75, 3.05) is 13.1 Å². The van der Waals surface area contributed by atoms with Gasteiger partial charge in [0.2, 0.25) is 0 Å². The third kappa shape index (κ3) is 7.73. The Bertz CT molecular complexity index is 618. The fraction of sp³-hybridized carbons (Fsp3) is 0.462. The van der Waals surface area contributed by atoms with Crippen LogP contribution in [0.15, 0.2) is 24.3 Å². The van der Waals surface area contributed by atoms with Gasteiger partial charge in [-0.3, -0.25) is 18.8 Å². The first-order chi connectivity index (χ1) is 10.5. The molecule has 0 amide bonds. The number of carbonyl (C=O) groups is 1. The number of rotatable bonds is 3. The number of benzene rings is 1. The average molecular weight is 367 g/mol. The van der Waals surface area contributed by atoms with Crippen LogP contribution in [0.25, 0.3) is 0 Å². The van der Waals surface area contributed by atoms with Gasteiger partial charge in [-0.1, -0.05) is 23.7 Å². The second-order valence-corrected chi connectivity index (χ2v) is 6.64. The molecule has 1 aliphatic heterocycles. The summed E-state index contributed by atoms with van der Waals surface area (Å²) in [7, 11) is -4.67. The predicted molar refractivity (Wildman–Crippen MR) is 84.7 cm³/mol. The number of hydrogen-bond acceptors (Lipinski definition) is 5. The zero-order valence-electron chi connectivity index (χ0n) is 12.2. The highest BCUT2D eigenvalue weighted by Crippen LogP contribution is 2.21. The molecule has 8 nitrogen and oxygen atoms in total. The molecule has 0 unspecified atom stereocenters. The highest BCUT2D eigenvalue weighted by molar-refractivity contribution is 7.79. The third-order valence-corrected chi connectivity index (χ3v) is 3.75. The summed E-state index contributed by atoms with van der Waals surface area (Å²) in [5.41, 5.74) is 5.97. The number of piperidine rings is 1. The Balaban J connectivity index is 0.000000463. The molecule has 1 aromatic carbocycles. The molecule has 5 N–H and O–H groups in total. The van der Waals surface area contributed by atoms with Gasteiger partial charge in [0.25, 0.3) is 0 Å². The molecule has 0 bridgehead atoms. The lowest BCUT2D eigenvalue weighted by molar-refractivity contribution is -0.145. The molecule has 23 heavy (non-hydrogen) atoms. The van der Waals surface area contributed by atoms with E-state index < -0.39 is 21.9 Å². The van der Waals surface area contributed by atoms with Crippen molar-refractivity contribution >= 4 is 28.0 Å². The lowest BCUT2D eigenvalue weighted by atomic mass is 9.88. The fourth-order valence-corrected chi connectivity index (χ4v) is 2.30. The molecule has 10 heteroatoms. The second kappa shape index (κ2) is 8.04. The molecule has 0 aliphatic carbocycles. The van der Waals surface area contributed by atoms with Crippen LogP contribution in [0.4, 0.5) is 0 Å². The number of carboxylic acid groups (broad SMARTS) is 1. The first kappa shape index (κ1) is 19.8. The normalized spacial score (nSPS) is 17.9. The first-order valence-corrected chi connectivity index (χ1v) is 8.46. The van der Waals surface area contributed by atoms with Crippen molar-refractivity contribution in [3.05, 3.63) is 34.9 Å². The molecule has 0 aromatic heterocycles. The monoisotopic (exact) mass is 366 g/mol. The van der Waals surface area contributed by atoms with Gasteiger partial charge in [0.05, 0.1) is 0 Å². The minimum Gasteiger partial charge on any atom is -0.480 e. The average Bonchev–Trinajstić information content (AvgIpc) is 2.42. The lowest BCUT2D eigenvalue weighted by Crippen LogP contribution is -2.55. The molecule has 1 fully saturated rings. The Labute approximate surface area is 139 Å². The third-order valence-electron chi connectivity index (χ3n) is 3.49. The van der Waals surface area contributed by atoms with Crippen molar-refractivity contribution in [1.29, 1.82) is 0 Å². The van der Waals surface area contributed by atoms with E-state index in [0.717, 1.165) is 11.6 Å². The zero-order valence-corrected chi connectivity index (χ0v) is 13.8. The molecule has 0 spiro atoms. The molecular formula is C13H19ClN2O6S. The van der Waals surface area contributed by atoms with E-state index >= 15 is 0 Å². The number of nitrogens with zero attached hydrogens (tertiary/aromatic N) is 1. The van der Waals surface area contributed by atoms with Crippen LogP contribution in [0, 0.1) is 0 Å². The number of likely N-dealkylation sites (tertiary alicyclic amines) is 1. The molecular weight excluding hydrogens is 348 g/mol. The van der Waals surface area contributed by atoms with Crippen LogP contribution in [0.5, 0.6) is 0 Å². The molecule has 2 rings (SSSR count). The van der Waals surface area contributed by atoms with Crippen molar-refractivity contribution in [3.8, 4) is 0 Å². The minimum absolute atomic E-state index is 0.496. The van der Waals surface area contributed by atoms with E-state index in [2.05, 4.69) is 4.90 Å². The van der Waals surface area contributed by atoms with Crippen LogP contribution in [-0.4, -0.2) is 52.1 Å². The largest absolute Gasteiger partial charge is 0.480 e. The standard InChI is InChI=1S/C13H17ClN2O2.H2O4S/c14-11-3-1-10(2-4-11)9-16-7-5-13(15,6-8-16)12(17)18;1-5(2,3)4/h1-4H,5-9,15H2,(H,17,18);(H2,1,2,3,4). The molecule has 0 atom stereocenters. The lowest BCUT2D eigenvalue weighted by Gasteiger charge is -2.36. The highest BCUT2D eigenvalue weighted by atomic mass is 35.5. The van der Waals surface area contributed by atoms with E-state index in [-0.39, 0.29) is 0 Å². The molecule has 130 valence electrons. The van der Waals surface area contributed by atoms with Gasteiger partial charge < -0.3 is 10.8 Å². The Morgan fingerprint density at radius 3 is 2.04 bits per heavy atom. The van der Waals surface area contributed by atoms with Gasteiger partial charge in [-0.05, 0) is 30.5 Å². The van der Waals surface area contributed by atoms with Gasteiger partial charge in [0.15, 0.2) is 0 Å². The van der Waals surface area contributed by atoms with E-state index in [4.69, 9.17) is 40.0 Å². The fourth-order valence-electron chi connectivity index (χ4n) is 2.17. The van der Waals surface area contributed by atoms with Gasteiger partial charge in [-0.2, -0.15) is 8.42 Å². The quantitative estimate of drug-likeness (QED) is 0.582. The number of halogens is 1. The van der Waals surface area contributed by atoms with E-state index in [0.29, 0.717) is 25.9 Å². The summed E-state index contributed by atoms with van der Waals surface area (Å²) < 4.78 is 31.6. The predicted octanol–water partition coefficient (Wildman–Crippen LogP) is 1.07. The summed E-state index contributed by atoms with van der Waals surface area (Å²) in [6.07, 6.45) is 0.992. The summed E-state index contributed by atoms with van der Waals surface area (Å²) in [5.74, 6) is -0.895. The van der Waals surface area contributed by atoms with Gasteiger partial charge in [0, 0.05) is 24.7 Å². The molecule has 1 aliphatic rings. The van der Waals surface area contributed by atoms with E-state index in [9.17, 15) is 4.79 Å². The zero-order chi connectivity index (χ0) is 17.7. The molecule has 0 saturated carbocycles. The van der Waals surface area contributed by atoms with Crippen molar-refractivity contribution in [2.24, 2.45) is 5.73 Å². The van der Waals surface area contributed by atoms with Crippen molar-refractivity contribution in [1.82, 2.24) is 4.90 Å². The maximum absolute atomic E-state index is 11.0. The summed E-state index contributed by atoms with van der Waals surface area (Å²) >= 11 is 5.83. The number of carboxylic acids is 1. The summed E-state index contributed by atoms with van der Waals surface area (Å²) in [6, 6.07) is 7.71. The maximum Gasteiger partial charge on any atom is 0.394 e. The smallest absolute Gasteiger partial charge is 0.394 e. The first-order valence-electron chi connectivity index (χ1n) is 6.68. The number of hydrogen-bond donors (Lipinski definition) is 4. The summed E-state index contributed by atoms with van der Waals surface area (Å²) in [4.78, 5) is 13.2. The molecule has 1 aromatic rings. The van der Waals surface area contributed by atoms with Crippen LogP contribution in [0.1, 0.15) is 18.4 Å². The Hall–Kier alpha value is -1.23. The molecule has 1 heterocycles. The van der Waals surface area contributed by atoms with Gasteiger partial charge >= 0.3 is 16.4 Å². The van der Waals surface area contributed by atoms with Gasteiger partial charge in [-0.15, -0.1) is 0 Å². The summed E-state index contributed by atoms with van der Waals surface area (Å²) in [5, 5.41) is 9.77. The van der Waals surface area contributed by atoms with Crippen LogP contribution in [0.3, 0.4) is 0 Å². The molecule has 0 radical (unpaired) electrons. The SMILES string of the molecule is NC1(C(=O)O)CCN(Cc2ccc(Cl)cc2)CC1.O=S(=O)(O)O. The van der Waals surface area contributed by atoms with Gasteiger partial charge in [0.1, 0.15) is 5.54 Å². The van der Waals surface area contributed by atoms with E-state index in [1.54, 1.807) is 0 Å². The van der Waals surface area contributed by atoms with Crippen molar-refractivity contribution in [3.63, 3.8) is 0 Å². The van der Waals surface area contributed by atoms with E-state index in [1.165, 1.54) is 5.56 Å². The van der Waals surface area contributed by atoms with Crippen molar-refractivity contribution < 1.29 is 27.4 Å². The summed E-state index contributed by atoms with van der Waals surface area (Å²) in [6.45, 7) is 2.24. The minimum atomic E-state index is -4.67. The Morgan fingerprint density at radius 2 is 1.65 bits per heavy atom. The van der Waals surface area contributed by atoms with Gasteiger partial charge in [-0.25, -0.2) is 0 Å². The second-order valence-electron chi connectivity index (χ2n) is 5.31. The Morgan fingerprint density at radius 1 is 1.22 bits per heavy atom. The number of aliphatic carboxylic acids is 1. The Kier molecular flexibility index (Phi) is 6.93. The van der Waals surface area contributed by atoms with Crippen LogP contribution in [-0.2, 0) is 21.7 Å². The molecule has 1 saturated heterocycles. The van der Waals surface area contributed by atoms with E-state index in [1.807, 2.05) is 24.3 Å². The van der Waals surface area contributed by atoms with Crippen molar-refractivity contribution in [2.45, 2.75) is 24.9 Å². The van der Waals surface area contributed by atoms with Crippen LogP contribution >= 0.6 is 11.6 Å². The van der Waals surface area contributed by atoms with Crippen LogP contribution < -0.4 is 5.73 Å². The van der Waals surface area contributed by atoms with Crippen LogP contribution in [0.2, 0.25) is 5.02 Å². The topological polar surface area (TPSA) is 141 Å².